The Morgan fingerprint density at radius 3 is 2.50 bits per heavy atom. The molecule has 0 unspecified atom stereocenters. The van der Waals surface area contributed by atoms with Crippen LogP contribution in [0.4, 0.5) is 5.69 Å². The summed E-state index contributed by atoms with van der Waals surface area (Å²) in [4.78, 5) is 11.0. The third-order valence-electron chi connectivity index (χ3n) is 4.78. The van der Waals surface area contributed by atoms with Gasteiger partial charge in [-0.15, -0.1) is 0 Å². The molecule has 0 aliphatic rings. The van der Waals surface area contributed by atoms with Crippen LogP contribution in [0, 0.1) is 11.8 Å². The maximum absolute atomic E-state index is 12.5. The molecule has 176 valence electrons. The maximum Gasteiger partial charge on any atom is 0.303 e. The molecule has 3 rings (SSSR count). The largest absolute Gasteiger partial charge is 0.493 e. The van der Waals surface area contributed by atoms with Gasteiger partial charge in [-0.3, -0.25) is 9.52 Å². The number of carboxylic acid groups (broad SMARTS) is 1. The predicted molar refractivity (Wildman–Crippen MR) is 129 cm³/mol. The van der Waals surface area contributed by atoms with E-state index in [9.17, 15) is 18.3 Å². The van der Waals surface area contributed by atoms with Crippen LogP contribution in [0.1, 0.15) is 24.0 Å². The summed E-state index contributed by atoms with van der Waals surface area (Å²) in [6.07, 6.45) is -0.329. The lowest BCUT2D eigenvalue weighted by molar-refractivity contribution is -0.136. The zero-order valence-corrected chi connectivity index (χ0v) is 19.2. The summed E-state index contributed by atoms with van der Waals surface area (Å²) >= 11 is 0. The van der Waals surface area contributed by atoms with Crippen molar-refractivity contribution in [2.24, 2.45) is 0 Å². The van der Waals surface area contributed by atoms with E-state index in [0.717, 1.165) is 5.56 Å². The van der Waals surface area contributed by atoms with Crippen molar-refractivity contribution < 1.29 is 28.2 Å². The van der Waals surface area contributed by atoms with E-state index in [1.807, 2.05) is 12.1 Å². The van der Waals surface area contributed by atoms with Gasteiger partial charge in [-0.1, -0.05) is 54.3 Å². The highest BCUT2D eigenvalue weighted by molar-refractivity contribution is 7.92. The van der Waals surface area contributed by atoms with Crippen molar-refractivity contribution in [3.63, 3.8) is 0 Å². The topological polar surface area (TPSA) is 113 Å². The molecule has 0 heterocycles. The molecule has 0 radical (unpaired) electrons. The molecule has 3 aromatic rings. The van der Waals surface area contributed by atoms with E-state index in [1.54, 1.807) is 54.6 Å². The molecule has 34 heavy (non-hydrogen) atoms. The highest BCUT2D eigenvalue weighted by Gasteiger charge is 2.13. The molecule has 0 bridgehead atoms. The number of sulfonamides is 1. The van der Waals surface area contributed by atoms with Crippen molar-refractivity contribution >= 4 is 21.7 Å². The van der Waals surface area contributed by atoms with E-state index in [1.165, 1.54) is 12.1 Å². The summed E-state index contributed by atoms with van der Waals surface area (Å²) in [6, 6.07) is 21.9. The van der Waals surface area contributed by atoms with Gasteiger partial charge < -0.3 is 14.9 Å². The number of nitrogens with one attached hydrogen (secondary N) is 1. The van der Waals surface area contributed by atoms with E-state index in [2.05, 4.69) is 16.6 Å². The summed E-state index contributed by atoms with van der Waals surface area (Å²) in [7, 11) is -3.71. The Labute approximate surface area is 199 Å². The number of ether oxygens (including phenoxy) is 1. The minimum Gasteiger partial charge on any atom is -0.493 e. The first kappa shape index (κ1) is 24.8. The van der Waals surface area contributed by atoms with Gasteiger partial charge in [0.05, 0.1) is 17.2 Å². The Kier molecular flexibility index (Phi) is 8.68. The second-order valence-corrected chi connectivity index (χ2v) is 9.11. The van der Waals surface area contributed by atoms with Gasteiger partial charge in [0.25, 0.3) is 10.0 Å². The number of benzene rings is 3. The molecule has 8 heteroatoms. The summed E-state index contributed by atoms with van der Waals surface area (Å²) in [6.45, 7) is 0.205. The monoisotopic (exact) mass is 479 g/mol. The van der Waals surface area contributed by atoms with Crippen molar-refractivity contribution in [1.82, 2.24) is 0 Å². The van der Waals surface area contributed by atoms with Crippen LogP contribution in [0.3, 0.4) is 0 Å². The number of aliphatic hydroxyl groups is 1. The van der Waals surface area contributed by atoms with Crippen LogP contribution in [0.25, 0.3) is 0 Å². The van der Waals surface area contributed by atoms with E-state index in [4.69, 9.17) is 9.84 Å². The zero-order chi connectivity index (χ0) is 24.4. The van der Waals surface area contributed by atoms with Crippen LogP contribution >= 0.6 is 0 Å². The van der Waals surface area contributed by atoms with Crippen molar-refractivity contribution in [1.29, 1.82) is 0 Å². The van der Waals surface area contributed by atoms with Crippen molar-refractivity contribution in [3.8, 4) is 17.6 Å². The average Bonchev–Trinajstić information content (AvgIpc) is 2.82. The molecule has 3 aromatic carbocycles. The first-order valence-electron chi connectivity index (χ1n) is 10.6. The fraction of sp³-hybridized carbons (Fsp3) is 0.192. The third kappa shape index (κ3) is 7.66. The van der Waals surface area contributed by atoms with E-state index in [0.29, 0.717) is 23.4 Å². The maximum atomic E-state index is 12.5. The number of aliphatic hydroxyl groups excluding tert-OH is 1. The lowest BCUT2D eigenvalue weighted by atomic mass is 10.1. The first-order valence-corrected chi connectivity index (χ1v) is 12.1. The summed E-state index contributed by atoms with van der Waals surface area (Å²) in [5.41, 5.74) is 1.71. The van der Waals surface area contributed by atoms with Crippen LogP contribution in [0.5, 0.6) is 5.75 Å². The van der Waals surface area contributed by atoms with Crippen molar-refractivity contribution in [2.45, 2.75) is 30.3 Å². The average molecular weight is 480 g/mol. The van der Waals surface area contributed by atoms with E-state index in [-0.39, 0.29) is 24.3 Å². The summed E-state index contributed by atoms with van der Waals surface area (Å²) in [5.74, 6) is 5.29. The lowest BCUT2D eigenvalue weighted by Crippen LogP contribution is -2.12. The molecule has 3 N–H and O–H groups in total. The second-order valence-electron chi connectivity index (χ2n) is 7.42. The number of para-hydroxylation sites is 1. The number of hydrogen-bond donors (Lipinski definition) is 3. The summed E-state index contributed by atoms with van der Waals surface area (Å²) < 4.78 is 33.2. The fourth-order valence-electron chi connectivity index (χ4n) is 3.09. The van der Waals surface area contributed by atoms with Crippen molar-refractivity contribution in [2.75, 3.05) is 11.3 Å². The Morgan fingerprint density at radius 1 is 1.00 bits per heavy atom. The van der Waals surface area contributed by atoms with Crippen LogP contribution in [-0.2, 0) is 21.2 Å². The SMILES string of the molecule is O=C(O)CCc1ccccc1OCC[C@@H](O)C#Cc1cccc(NS(=O)(=O)c2ccccc2)c1. The van der Waals surface area contributed by atoms with Gasteiger partial charge in [-0.05, 0) is 48.4 Å². The number of hydrogen-bond acceptors (Lipinski definition) is 5. The number of aryl methyl sites for hydroxylation is 1. The zero-order valence-electron chi connectivity index (χ0n) is 18.3. The molecule has 0 aliphatic heterocycles. The van der Waals surface area contributed by atoms with Gasteiger partial charge >= 0.3 is 5.97 Å². The molecule has 0 amide bonds. The Hall–Kier alpha value is -3.80. The Bertz CT molecular complexity index is 1280. The molecule has 1 atom stereocenters. The van der Waals surface area contributed by atoms with Crippen LogP contribution in [-0.4, -0.2) is 37.3 Å². The van der Waals surface area contributed by atoms with Gasteiger partial charge in [0.15, 0.2) is 0 Å². The van der Waals surface area contributed by atoms with Crippen LogP contribution < -0.4 is 9.46 Å². The molecule has 0 aliphatic carbocycles. The molecular formula is C26H25NO6S. The minimum atomic E-state index is -3.71. The highest BCUT2D eigenvalue weighted by atomic mass is 32.2. The van der Waals surface area contributed by atoms with Gasteiger partial charge in [0.2, 0.25) is 0 Å². The minimum absolute atomic E-state index is 0.00897. The second kappa shape index (κ2) is 11.9. The predicted octanol–water partition coefficient (Wildman–Crippen LogP) is 3.69. The number of aliphatic carboxylic acids is 1. The van der Waals surface area contributed by atoms with Crippen LogP contribution in [0.2, 0.25) is 0 Å². The normalized spacial score (nSPS) is 11.7. The molecule has 0 aromatic heterocycles. The Morgan fingerprint density at radius 2 is 1.74 bits per heavy atom. The van der Waals surface area contributed by atoms with Crippen molar-refractivity contribution in [3.05, 3.63) is 90.0 Å². The first-order chi connectivity index (χ1) is 16.3. The molecule has 0 spiro atoms. The Balaban J connectivity index is 1.56. The number of carboxylic acids is 1. The molecule has 0 fully saturated rings. The molecule has 7 nitrogen and oxygen atoms in total. The van der Waals surface area contributed by atoms with Crippen LogP contribution in [0.15, 0.2) is 83.8 Å². The standard InChI is InChI=1S/C26H25NO6S/c28-23(17-18-33-25-12-5-4-8-21(25)14-16-26(29)30)15-13-20-7-6-9-22(19-20)27-34(31,32)24-10-2-1-3-11-24/h1-12,19,23,27-28H,14,16-18H2,(H,29,30)/t23-/m0/s1. The number of anilines is 1. The quantitative estimate of drug-likeness (QED) is 0.382. The fourth-order valence-corrected chi connectivity index (χ4v) is 4.16. The number of carbonyl (C=O) groups is 1. The van der Waals surface area contributed by atoms with Gasteiger partial charge in [0.1, 0.15) is 11.9 Å². The molecule has 0 saturated heterocycles. The number of rotatable bonds is 10. The van der Waals surface area contributed by atoms with E-state index < -0.39 is 22.1 Å². The summed E-state index contributed by atoms with van der Waals surface area (Å²) in [5, 5.41) is 19.1. The smallest absolute Gasteiger partial charge is 0.303 e. The highest BCUT2D eigenvalue weighted by Crippen LogP contribution is 2.20. The molecular weight excluding hydrogens is 454 g/mol. The molecule has 0 saturated carbocycles. The van der Waals surface area contributed by atoms with Gasteiger partial charge in [-0.25, -0.2) is 8.42 Å². The van der Waals surface area contributed by atoms with Gasteiger partial charge in [0, 0.05) is 18.4 Å². The van der Waals surface area contributed by atoms with E-state index >= 15 is 0 Å². The lowest BCUT2D eigenvalue weighted by Gasteiger charge is -2.11. The van der Waals surface area contributed by atoms with Gasteiger partial charge in [-0.2, -0.15) is 0 Å². The third-order valence-corrected chi connectivity index (χ3v) is 6.18.